The third-order valence-electron chi connectivity index (χ3n) is 4.23. The summed E-state index contributed by atoms with van der Waals surface area (Å²) in [6.45, 7) is 5.88. The molecule has 4 nitrogen and oxygen atoms in total. The Morgan fingerprint density at radius 2 is 1.90 bits per heavy atom. The lowest BCUT2D eigenvalue weighted by Gasteiger charge is -2.25. The van der Waals surface area contributed by atoms with Gasteiger partial charge < -0.3 is 15.3 Å². The van der Waals surface area contributed by atoms with E-state index in [1.807, 2.05) is 44.2 Å². The lowest BCUT2D eigenvalue weighted by Crippen LogP contribution is -2.43. The predicted octanol–water partition coefficient (Wildman–Crippen LogP) is 2.55. The van der Waals surface area contributed by atoms with Gasteiger partial charge in [-0.2, -0.15) is 0 Å². The van der Waals surface area contributed by atoms with Gasteiger partial charge in [-0.05, 0) is 32.3 Å². The number of nitrogens with zero attached hydrogens (tertiary/aromatic N) is 1. The first-order chi connectivity index (χ1) is 9.63. The first-order valence-corrected chi connectivity index (χ1v) is 7.38. The number of carbonyl (C=O) groups excluding carboxylic acids is 1. The van der Waals surface area contributed by atoms with E-state index >= 15 is 0 Å². The Kier molecular flexibility index (Phi) is 4.65. The molecule has 20 heavy (non-hydrogen) atoms. The zero-order chi connectivity index (χ0) is 14.6. The molecule has 4 heteroatoms. The highest BCUT2D eigenvalue weighted by Crippen LogP contribution is 2.54. The topological polar surface area (TPSA) is 52.6 Å². The molecule has 1 fully saturated rings. The van der Waals surface area contributed by atoms with Crippen LogP contribution in [0.15, 0.2) is 30.3 Å². The molecule has 110 valence electrons. The van der Waals surface area contributed by atoms with E-state index in [0.717, 1.165) is 18.4 Å². The van der Waals surface area contributed by atoms with Crippen molar-refractivity contribution in [2.24, 2.45) is 5.41 Å². The van der Waals surface area contributed by atoms with Gasteiger partial charge in [0.25, 0.3) is 0 Å². The Morgan fingerprint density at radius 3 is 2.40 bits per heavy atom. The molecule has 0 aromatic heterocycles. The second-order valence-corrected chi connectivity index (χ2v) is 5.51. The quantitative estimate of drug-likeness (QED) is 0.839. The van der Waals surface area contributed by atoms with Gasteiger partial charge in [0.05, 0.1) is 6.10 Å². The fourth-order valence-corrected chi connectivity index (χ4v) is 2.57. The van der Waals surface area contributed by atoms with E-state index in [4.69, 9.17) is 0 Å². The maximum atomic E-state index is 12.0. The van der Waals surface area contributed by atoms with E-state index in [0.29, 0.717) is 19.6 Å². The lowest BCUT2D eigenvalue weighted by molar-refractivity contribution is 0.0919. The number of amides is 2. The average molecular weight is 276 g/mol. The normalized spacial score (nSPS) is 17.4. The number of urea groups is 1. The summed E-state index contributed by atoms with van der Waals surface area (Å²) < 4.78 is 0. The van der Waals surface area contributed by atoms with Crippen molar-refractivity contribution in [1.82, 2.24) is 10.2 Å². The molecular weight excluding hydrogens is 252 g/mol. The Hall–Kier alpha value is -1.55. The summed E-state index contributed by atoms with van der Waals surface area (Å²) in [5, 5.41) is 13.5. The monoisotopic (exact) mass is 276 g/mol. The Labute approximate surface area is 120 Å². The van der Waals surface area contributed by atoms with E-state index in [1.165, 1.54) is 0 Å². The SMILES string of the molecule is CCN(CC)C(=O)NCC1(C(O)c2ccccc2)CC1. The van der Waals surface area contributed by atoms with Crippen molar-refractivity contribution in [3.63, 3.8) is 0 Å². The van der Waals surface area contributed by atoms with Gasteiger partial charge in [-0.3, -0.25) is 0 Å². The van der Waals surface area contributed by atoms with Crippen LogP contribution in [0.3, 0.4) is 0 Å². The number of nitrogens with one attached hydrogen (secondary N) is 1. The molecule has 0 heterocycles. The van der Waals surface area contributed by atoms with Crippen LogP contribution in [-0.4, -0.2) is 35.7 Å². The van der Waals surface area contributed by atoms with Gasteiger partial charge in [-0.1, -0.05) is 30.3 Å². The van der Waals surface area contributed by atoms with E-state index in [1.54, 1.807) is 4.90 Å². The second kappa shape index (κ2) is 6.27. The van der Waals surface area contributed by atoms with Crippen molar-refractivity contribution in [2.45, 2.75) is 32.8 Å². The molecule has 1 unspecified atom stereocenters. The highest BCUT2D eigenvalue weighted by atomic mass is 16.3. The molecule has 2 rings (SSSR count). The molecule has 1 saturated carbocycles. The maximum absolute atomic E-state index is 12.0. The molecule has 0 bridgehead atoms. The van der Waals surface area contributed by atoms with E-state index in [-0.39, 0.29) is 11.4 Å². The van der Waals surface area contributed by atoms with Crippen LogP contribution >= 0.6 is 0 Å². The van der Waals surface area contributed by atoms with Gasteiger partial charge in [0.1, 0.15) is 0 Å². The molecule has 0 saturated heterocycles. The van der Waals surface area contributed by atoms with Gasteiger partial charge in [-0.25, -0.2) is 4.79 Å². The standard InChI is InChI=1S/C16H24N2O2/c1-3-18(4-2)15(20)17-12-16(10-11-16)14(19)13-8-6-5-7-9-13/h5-9,14,19H,3-4,10-12H2,1-2H3,(H,17,20). The fraction of sp³-hybridized carbons (Fsp3) is 0.562. The number of rotatable bonds is 6. The van der Waals surface area contributed by atoms with Crippen molar-refractivity contribution in [3.05, 3.63) is 35.9 Å². The van der Waals surface area contributed by atoms with Crippen molar-refractivity contribution >= 4 is 6.03 Å². The van der Waals surface area contributed by atoms with Crippen molar-refractivity contribution in [3.8, 4) is 0 Å². The molecule has 0 radical (unpaired) electrons. The summed E-state index contributed by atoms with van der Waals surface area (Å²) in [4.78, 5) is 13.7. The Bertz CT molecular complexity index is 439. The highest BCUT2D eigenvalue weighted by Gasteiger charge is 2.49. The molecule has 2 N–H and O–H groups in total. The van der Waals surface area contributed by atoms with Gasteiger partial charge in [0.2, 0.25) is 0 Å². The molecule has 0 spiro atoms. The molecule has 1 aliphatic carbocycles. The van der Waals surface area contributed by atoms with E-state index in [2.05, 4.69) is 5.32 Å². The number of hydrogen-bond acceptors (Lipinski definition) is 2. The number of aliphatic hydroxyl groups excluding tert-OH is 1. The van der Waals surface area contributed by atoms with Crippen LogP contribution in [0.25, 0.3) is 0 Å². The van der Waals surface area contributed by atoms with Crippen LogP contribution in [0.1, 0.15) is 38.4 Å². The molecule has 1 aromatic carbocycles. The third-order valence-corrected chi connectivity index (χ3v) is 4.23. The summed E-state index contributed by atoms with van der Waals surface area (Å²) in [7, 11) is 0. The smallest absolute Gasteiger partial charge is 0.317 e. The number of benzene rings is 1. The van der Waals surface area contributed by atoms with Crippen LogP contribution in [0.2, 0.25) is 0 Å². The molecule has 0 aliphatic heterocycles. The van der Waals surface area contributed by atoms with Crippen LogP contribution in [0.5, 0.6) is 0 Å². The molecule has 1 atom stereocenters. The van der Waals surface area contributed by atoms with E-state index < -0.39 is 6.10 Å². The molecule has 1 aliphatic rings. The van der Waals surface area contributed by atoms with Crippen LogP contribution in [-0.2, 0) is 0 Å². The van der Waals surface area contributed by atoms with Gasteiger partial charge in [0, 0.05) is 25.0 Å². The molecule has 1 aromatic rings. The van der Waals surface area contributed by atoms with Gasteiger partial charge in [-0.15, -0.1) is 0 Å². The Balaban J connectivity index is 1.94. The van der Waals surface area contributed by atoms with Gasteiger partial charge in [0.15, 0.2) is 0 Å². The van der Waals surface area contributed by atoms with Crippen LogP contribution in [0, 0.1) is 5.41 Å². The Morgan fingerprint density at radius 1 is 1.30 bits per heavy atom. The maximum Gasteiger partial charge on any atom is 0.317 e. The summed E-state index contributed by atoms with van der Waals surface area (Å²) >= 11 is 0. The third kappa shape index (κ3) is 3.12. The zero-order valence-electron chi connectivity index (χ0n) is 12.3. The predicted molar refractivity (Wildman–Crippen MR) is 79.4 cm³/mol. The average Bonchev–Trinajstić information content (AvgIpc) is 3.28. The van der Waals surface area contributed by atoms with E-state index in [9.17, 15) is 9.90 Å². The molecule has 2 amide bonds. The minimum absolute atomic E-state index is 0.0402. The summed E-state index contributed by atoms with van der Waals surface area (Å²) in [6.07, 6.45) is 1.42. The van der Waals surface area contributed by atoms with Crippen molar-refractivity contribution in [2.75, 3.05) is 19.6 Å². The first kappa shape index (κ1) is 14.9. The fourth-order valence-electron chi connectivity index (χ4n) is 2.57. The van der Waals surface area contributed by atoms with Gasteiger partial charge >= 0.3 is 6.03 Å². The molecular formula is C16H24N2O2. The summed E-state index contributed by atoms with van der Waals surface area (Å²) in [5.74, 6) is 0. The number of carbonyl (C=O) groups is 1. The summed E-state index contributed by atoms with van der Waals surface area (Å²) in [6, 6.07) is 9.65. The largest absolute Gasteiger partial charge is 0.388 e. The number of hydrogen-bond donors (Lipinski definition) is 2. The van der Waals surface area contributed by atoms with Crippen LogP contribution < -0.4 is 5.32 Å². The summed E-state index contributed by atoms with van der Waals surface area (Å²) in [5.41, 5.74) is 0.756. The van der Waals surface area contributed by atoms with Crippen molar-refractivity contribution < 1.29 is 9.90 Å². The minimum atomic E-state index is -0.499. The minimum Gasteiger partial charge on any atom is -0.388 e. The van der Waals surface area contributed by atoms with Crippen molar-refractivity contribution in [1.29, 1.82) is 0 Å². The van der Waals surface area contributed by atoms with Crippen LogP contribution in [0.4, 0.5) is 4.79 Å². The second-order valence-electron chi connectivity index (χ2n) is 5.51. The first-order valence-electron chi connectivity index (χ1n) is 7.38. The number of aliphatic hydroxyl groups is 1. The zero-order valence-corrected chi connectivity index (χ0v) is 12.3. The lowest BCUT2D eigenvalue weighted by atomic mass is 9.93. The highest BCUT2D eigenvalue weighted by molar-refractivity contribution is 5.74.